The molecule has 30 heavy (non-hydrogen) atoms. The normalized spacial score (nSPS) is 12.8. The van der Waals surface area contributed by atoms with E-state index in [1.165, 1.54) is 4.90 Å². The molecule has 0 aliphatic carbocycles. The quantitative estimate of drug-likeness (QED) is 0.639. The van der Waals surface area contributed by atoms with Gasteiger partial charge in [0.1, 0.15) is 0 Å². The predicted octanol–water partition coefficient (Wildman–Crippen LogP) is 4.61. The molecule has 3 aromatic carbocycles. The maximum atomic E-state index is 12.9. The summed E-state index contributed by atoms with van der Waals surface area (Å²) < 4.78 is 0. The average molecular weight is 398 g/mol. The second kappa shape index (κ2) is 7.95. The zero-order valence-electron chi connectivity index (χ0n) is 16.9. The first-order chi connectivity index (χ1) is 14.5. The molecule has 3 aromatic rings. The van der Waals surface area contributed by atoms with Gasteiger partial charge in [0.15, 0.2) is 0 Å². The molecule has 0 unspecified atom stereocenters. The number of carbonyl (C=O) groups is 3. The average Bonchev–Trinajstić information content (AvgIpc) is 3.00. The summed E-state index contributed by atoms with van der Waals surface area (Å²) in [6, 6.07) is 19.8. The molecule has 4 rings (SSSR count). The minimum Gasteiger partial charge on any atom is -0.321 e. The first kappa shape index (κ1) is 19.6. The van der Waals surface area contributed by atoms with Crippen LogP contribution in [0.2, 0.25) is 0 Å². The van der Waals surface area contributed by atoms with Gasteiger partial charge in [-0.15, -0.1) is 0 Å². The summed E-state index contributed by atoms with van der Waals surface area (Å²) in [6.45, 7) is 4.14. The van der Waals surface area contributed by atoms with E-state index < -0.39 is 0 Å². The van der Waals surface area contributed by atoms with Crippen molar-refractivity contribution in [3.63, 3.8) is 0 Å². The van der Waals surface area contributed by atoms with Crippen LogP contribution in [0.15, 0.2) is 66.7 Å². The van der Waals surface area contributed by atoms with Crippen molar-refractivity contribution in [2.24, 2.45) is 0 Å². The third-order valence-corrected chi connectivity index (χ3v) is 5.39. The van der Waals surface area contributed by atoms with Gasteiger partial charge in [-0.25, -0.2) is 0 Å². The fourth-order valence-corrected chi connectivity index (χ4v) is 3.76. The molecule has 0 saturated heterocycles. The molecule has 1 aliphatic heterocycles. The number of aryl methyl sites for hydroxylation is 2. The molecule has 3 amide bonds. The zero-order valence-corrected chi connectivity index (χ0v) is 16.9. The number of anilines is 1. The molecule has 5 nitrogen and oxygen atoms in total. The SMILES string of the molecule is CCc1cccc(C)c1NC(=O)c1cccc(CN2C(=O)c3ccccc3C2=O)c1. The minimum atomic E-state index is -0.307. The van der Waals surface area contributed by atoms with Crippen LogP contribution in [0.3, 0.4) is 0 Å². The van der Waals surface area contributed by atoms with E-state index in [4.69, 9.17) is 0 Å². The van der Waals surface area contributed by atoms with Crippen molar-refractivity contribution < 1.29 is 14.4 Å². The lowest BCUT2D eigenvalue weighted by Gasteiger charge is -2.15. The molecule has 0 saturated carbocycles. The van der Waals surface area contributed by atoms with Crippen LogP contribution in [0.4, 0.5) is 5.69 Å². The van der Waals surface area contributed by atoms with E-state index in [0.29, 0.717) is 16.7 Å². The third-order valence-electron chi connectivity index (χ3n) is 5.39. The predicted molar refractivity (Wildman–Crippen MR) is 116 cm³/mol. The molecule has 0 spiro atoms. The smallest absolute Gasteiger partial charge is 0.261 e. The number of hydrogen-bond donors (Lipinski definition) is 1. The summed E-state index contributed by atoms with van der Waals surface area (Å²) in [5, 5.41) is 3.01. The summed E-state index contributed by atoms with van der Waals surface area (Å²) in [7, 11) is 0. The van der Waals surface area contributed by atoms with Crippen molar-refractivity contribution in [3.05, 3.63) is 100 Å². The van der Waals surface area contributed by atoms with Crippen molar-refractivity contribution in [1.82, 2.24) is 4.90 Å². The van der Waals surface area contributed by atoms with Crippen LogP contribution in [-0.4, -0.2) is 22.6 Å². The Hall–Kier alpha value is -3.73. The number of rotatable bonds is 5. The molecule has 1 N–H and O–H groups in total. The molecular formula is C25H22N2O3. The number of nitrogens with zero attached hydrogens (tertiary/aromatic N) is 1. The standard InChI is InChI=1S/C25H22N2O3/c1-3-18-10-6-8-16(2)22(18)26-23(28)19-11-7-9-17(14-19)15-27-24(29)20-12-4-5-13-21(20)25(27)30/h4-14H,3,15H2,1-2H3,(H,26,28). The Labute approximate surface area is 175 Å². The first-order valence-corrected chi connectivity index (χ1v) is 9.93. The number of hydrogen-bond acceptors (Lipinski definition) is 3. The summed E-state index contributed by atoms with van der Waals surface area (Å²) in [5.74, 6) is -0.834. The summed E-state index contributed by atoms with van der Waals surface area (Å²) >= 11 is 0. The lowest BCUT2D eigenvalue weighted by Crippen LogP contribution is -2.29. The van der Waals surface area contributed by atoms with Gasteiger partial charge < -0.3 is 5.32 Å². The van der Waals surface area contributed by atoms with Crippen LogP contribution in [0.25, 0.3) is 0 Å². The van der Waals surface area contributed by atoms with Crippen LogP contribution in [-0.2, 0) is 13.0 Å². The number of para-hydroxylation sites is 1. The number of imide groups is 1. The maximum Gasteiger partial charge on any atom is 0.261 e. The molecule has 1 aliphatic rings. The molecule has 0 bridgehead atoms. The monoisotopic (exact) mass is 398 g/mol. The van der Waals surface area contributed by atoms with Gasteiger partial charge in [0, 0.05) is 11.3 Å². The van der Waals surface area contributed by atoms with Crippen molar-refractivity contribution in [2.75, 3.05) is 5.32 Å². The van der Waals surface area contributed by atoms with Crippen LogP contribution in [0, 0.1) is 6.92 Å². The van der Waals surface area contributed by atoms with Crippen LogP contribution < -0.4 is 5.32 Å². The van der Waals surface area contributed by atoms with Crippen molar-refractivity contribution >= 4 is 23.4 Å². The van der Waals surface area contributed by atoms with E-state index in [1.807, 2.05) is 38.1 Å². The fourth-order valence-electron chi connectivity index (χ4n) is 3.76. The molecule has 0 aromatic heterocycles. The van der Waals surface area contributed by atoms with Gasteiger partial charge in [0.2, 0.25) is 0 Å². The maximum absolute atomic E-state index is 12.9. The van der Waals surface area contributed by atoms with Gasteiger partial charge in [0.05, 0.1) is 17.7 Å². The van der Waals surface area contributed by atoms with Crippen molar-refractivity contribution in [3.8, 4) is 0 Å². The van der Waals surface area contributed by atoms with Gasteiger partial charge in [0.25, 0.3) is 17.7 Å². The number of nitrogens with one attached hydrogen (secondary N) is 1. The van der Waals surface area contributed by atoms with Crippen molar-refractivity contribution in [1.29, 1.82) is 0 Å². The van der Waals surface area contributed by atoms with E-state index in [-0.39, 0.29) is 24.3 Å². The van der Waals surface area contributed by atoms with Crippen LogP contribution in [0.1, 0.15) is 54.7 Å². The molecule has 150 valence electrons. The zero-order chi connectivity index (χ0) is 21.3. The molecule has 0 radical (unpaired) electrons. The second-order valence-electron chi connectivity index (χ2n) is 7.36. The highest BCUT2D eigenvalue weighted by atomic mass is 16.2. The van der Waals surface area contributed by atoms with E-state index in [1.54, 1.807) is 42.5 Å². The number of carbonyl (C=O) groups excluding carboxylic acids is 3. The summed E-state index contributed by atoms with van der Waals surface area (Å²) in [5.41, 5.74) is 4.95. The highest BCUT2D eigenvalue weighted by molar-refractivity contribution is 6.21. The molecule has 0 fully saturated rings. The number of amides is 3. The minimum absolute atomic E-state index is 0.123. The highest BCUT2D eigenvalue weighted by Crippen LogP contribution is 2.25. The Morgan fingerprint density at radius 2 is 1.57 bits per heavy atom. The molecule has 0 atom stereocenters. The number of fused-ring (bicyclic) bond motifs is 1. The Morgan fingerprint density at radius 1 is 0.900 bits per heavy atom. The molecule has 1 heterocycles. The van der Waals surface area contributed by atoms with E-state index >= 15 is 0 Å². The van der Waals surface area contributed by atoms with Crippen LogP contribution in [0.5, 0.6) is 0 Å². The Kier molecular flexibility index (Phi) is 5.19. The van der Waals surface area contributed by atoms with Gasteiger partial charge in [-0.2, -0.15) is 0 Å². The lowest BCUT2D eigenvalue weighted by atomic mass is 10.0. The highest BCUT2D eigenvalue weighted by Gasteiger charge is 2.35. The number of benzene rings is 3. The first-order valence-electron chi connectivity index (χ1n) is 9.93. The second-order valence-corrected chi connectivity index (χ2v) is 7.36. The topological polar surface area (TPSA) is 66.5 Å². The van der Waals surface area contributed by atoms with Gasteiger partial charge >= 0.3 is 0 Å². The van der Waals surface area contributed by atoms with E-state index in [2.05, 4.69) is 5.32 Å². The summed E-state index contributed by atoms with van der Waals surface area (Å²) in [6.07, 6.45) is 0.817. The van der Waals surface area contributed by atoms with Gasteiger partial charge in [-0.3, -0.25) is 19.3 Å². The van der Waals surface area contributed by atoms with Gasteiger partial charge in [-0.1, -0.05) is 49.4 Å². The molecular weight excluding hydrogens is 376 g/mol. The van der Waals surface area contributed by atoms with Crippen LogP contribution >= 0.6 is 0 Å². The Balaban J connectivity index is 1.55. The lowest BCUT2D eigenvalue weighted by molar-refractivity contribution is 0.0642. The Bertz CT molecular complexity index is 1130. The van der Waals surface area contributed by atoms with Crippen molar-refractivity contribution in [2.45, 2.75) is 26.8 Å². The summed E-state index contributed by atoms with van der Waals surface area (Å²) in [4.78, 5) is 39.3. The third kappa shape index (κ3) is 3.50. The van der Waals surface area contributed by atoms with E-state index in [9.17, 15) is 14.4 Å². The van der Waals surface area contributed by atoms with Gasteiger partial charge in [-0.05, 0) is 54.3 Å². The fraction of sp³-hybridized carbons (Fsp3) is 0.160. The Morgan fingerprint density at radius 3 is 2.23 bits per heavy atom. The molecule has 5 heteroatoms. The largest absolute Gasteiger partial charge is 0.321 e. The van der Waals surface area contributed by atoms with E-state index in [0.717, 1.165) is 28.8 Å².